The van der Waals surface area contributed by atoms with Crippen molar-refractivity contribution in [3.05, 3.63) is 106 Å². The predicted octanol–water partition coefficient (Wildman–Crippen LogP) is 4.11. The van der Waals surface area contributed by atoms with Gasteiger partial charge in [-0.1, -0.05) is 29.8 Å². The van der Waals surface area contributed by atoms with Gasteiger partial charge in [-0.05, 0) is 60.9 Å². The first kappa shape index (κ1) is 22.9. The zero-order valence-corrected chi connectivity index (χ0v) is 19.1. The third-order valence-electron chi connectivity index (χ3n) is 5.94. The Labute approximate surface area is 197 Å². The fourth-order valence-electron chi connectivity index (χ4n) is 4.13. The molecule has 0 spiro atoms. The number of carbonyl (C=O) groups is 3. The number of aryl methyl sites for hydroxylation is 2. The number of carbonyl (C=O) groups excluding carboxylic acids is 3. The number of amides is 1. The molecule has 7 heteroatoms. The normalized spacial score (nSPS) is 17.1. The topological polar surface area (TPSA) is 96.8 Å². The van der Waals surface area contributed by atoms with Crippen molar-refractivity contribution in [2.24, 2.45) is 0 Å². The summed E-state index contributed by atoms with van der Waals surface area (Å²) < 4.78 is 4.76. The first-order valence-corrected chi connectivity index (χ1v) is 10.7. The summed E-state index contributed by atoms with van der Waals surface area (Å²) in [5, 5.41) is 11.3. The maximum Gasteiger partial charge on any atom is 0.337 e. The van der Waals surface area contributed by atoms with Crippen molar-refractivity contribution in [3.8, 4) is 0 Å². The van der Waals surface area contributed by atoms with Crippen LogP contribution in [0.1, 0.15) is 44.2 Å². The molecule has 1 aliphatic heterocycles. The van der Waals surface area contributed by atoms with E-state index in [1.54, 1.807) is 54.9 Å². The fourth-order valence-corrected chi connectivity index (χ4v) is 4.13. The summed E-state index contributed by atoms with van der Waals surface area (Å²) in [4.78, 5) is 43.7. The summed E-state index contributed by atoms with van der Waals surface area (Å²) in [6.45, 7) is 3.88. The van der Waals surface area contributed by atoms with Gasteiger partial charge in [0.2, 0.25) is 0 Å². The van der Waals surface area contributed by atoms with E-state index in [4.69, 9.17) is 4.74 Å². The van der Waals surface area contributed by atoms with Gasteiger partial charge in [-0.3, -0.25) is 14.6 Å². The second kappa shape index (κ2) is 9.31. The van der Waals surface area contributed by atoms with Gasteiger partial charge in [0, 0.05) is 24.5 Å². The Bertz CT molecular complexity index is 1300. The van der Waals surface area contributed by atoms with Gasteiger partial charge in [-0.25, -0.2) is 4.79 Å². The molecule has 1 aromatic heterocycles. The van der Waals surface area contributed by atoms with Gasteiger partial charge in [-0.2, -0.15) is 0 Å². The highest BCUT2D eigenvalue weighted by atomic mass is 16.5. The van der Waals surface area contributed by atoms with Crippen LogP contribution in [0.2, 0.25) is 0 Å². The van der Waals surface area contributed by atoms with Crippen LogP contribution in [-0.2, 0) is 20.9 Å². The number of aliphatic hydroxyl groups excluding tert-OH is 1. The highest BCUT2D eigenvalue weighted by Gasteiger charge is 2.46. The maximum atomic E-state index is 13.2. The molecule has 1 N–H and O–H groups in total. The second-order valence-corrected chi connectivity index (χ2v) is 8.21. The quantitative estimate of drug-likeness (QED) is 0.269. The molecule has 1 amide bonds. The number of rotatable bonds is 5. The minimum atomic E-state index is -0.834. The van der Waals surface area contributed by atoms with Crippen molar-refractivity contribution < 1.29 is 24.2 Å². The van der Waals surface area contributed by atoms with Crippen LogP contribution in [-0.4, -0.2) is 39.8 Å². The van der Waals surface area contributed by atoms with Crippen LogP contribution in [0.3, 0.4) is 0 Å². The van der Waals surface area contributed by atoms with E-state index in [1.807, 2.05) is 26.0 Å². The molecule has 0 bridgehead atoms. The number of ketones is 1. The number of benzene rings is 2. The van der Waals surface area contributed by atoms with Crippen molar-refractivity contribution in [1.82, 2.24) is 9.88 Å². The van der Waals surface area contributed by atoms with E-state index in [0.29, 0.717) is 16.7 Å². The average molecular weight is 456 g/mol. The molecule has 1 unspecified atom stereocenters. The lowest BCUT2D eigenvalue weighted by Gasteiger charge is -2.25. The summed E-state index contributed by atoms with van der Waals surface area (Å²) in [5.41, 5.74) is 3.93. The van der Waals surface area contributed by atoms with Crippen molar-refractivity contribution >= 4 is 23.4 Å². The third kappa shape index (κ3) is 4.20. The van der Waals surface area contributed by atoms with Crippen LogP contribution in [0.4, 0.5) is 0 Å². The fraction of sp³-hybridized carbons (Fsp3) is 0.185. The Morgan fingerprint density at radius 1 is 1.03 bits per heavy atom. The van der Waals surface area contributed by atoms with E-state index < -0.39 is 23.7 Å². The Hall–Kier alpha value is -4.26. The number of Topliss-reactive ketones (excluding diaryl/α,β-unsaturated/α-hetero) is 1. The molecule has 1 aliphatic rings. The van der Waals surface area contributed by atoms with Crippen LogP contribution >= 0.6 is 0 Å². The van der Waals surface area contributed by atoms with Gasteiger partial charge in [-0.15, -0.1) is 0 Å². The Morgan fingerprint density at radius 2 is 1.71 bits per heavy atom. The van der Waals surface area contributed by atoms with Crippen LogP contribution < -0.4 is 0 Å². The minimum absolute atomic E-state index is 0.0126. The highest BCUT2D eigenvalue weighted by Crippen LogP contribution is 2.40. The largest absolute Gasteiger partial charge is 0.507 e. The van der Waals surface area contributed by atoms with E-state index in [9.17, 15) is 19.5 Å². The molecule has 7 nitrogen and oxygen atoms in total. The number of hydrogen-bond acceptors (Lipinski definition) is 6. The maximum absolute atomic E-state index is 13.2. The lowest BCUT2D eigenvalue weighted by Crippen LogP contribution is -2.29. The number of aromatic nitrogens is 1. The van der Waals surface area contributed by atoms with Crippen molar-refractivity contribution in [1.29, 1.82) is 0 Å². The summed E-state index contributed by atoms with van der Waals surface area (Å²) in [7, 11) is 1.30. The van der Waals surface area contributed by atoms with Crippen LogP contribution in [0.15, 0.2) is 72.6 Å². The van der Waals surface area contributed by atoms with E-state index in [0.717, 1.165) is 16.7 Å². The summed E-state index contributed by atoms with van der Waals surface area (Å²) >= 11 is 0. The van der Waals surface area contributed by atoms with Gasteiger partial charge >= 0.3 is 5.97 Å². The predicted molar refractivity (Wildman–Crippen MR) is 126 cm³/mol. The SMILES string of the molecule is COC(=O)c1ccc(C2/C(=C(\O)c3cc(C)ccc3C)C(=O)C(=O)N2Cc2ccncc2)cc1. The molecule has 0 aliphatic carbocycles. The number of likely N-dealkylation sites (tertiary alicyclic amines) is 1. The zero-order valence-electron chi connectivity index (χ0n) is 19.1. The average Bonchev–Trinajstić information content (AvgIpc) is 3.10. The highest BCUT2D eigenvalue weighted by molar-refractivity contribution is 6.46. The molecule has 1 fully saturated rings. The minimum Gasteiger partial charge on any atom is -0.507 e. The smallest absolute Gasteiger partial charge is 0.337 e. The Kier molecular flexibility index (Phi) is 6.27. The molecule has 1 saturated heterocycles. The molecule has 0 radical (unpaired) electrons. The molecule has 0 saturated carbocycles. The number of hydrogen-bond donors (Lipinski definition) is 1. The van der Waals surface area contributed by atoms with Crippen LogP contribution in [0, 0.1) is 13.8 Å². The van der Waals surface area contributed by atoms with Gasteiger partial charge in [0.1, 0.15) is 5.76 Å². The van der Waals surface area contributed by atoms with Crippen LogP contribution in [0.25, 0.3) is 5.76 Å². The number of ether oxygens (including phenoxy) is 1. The van der Waals surface area contributed by atoms with Gasteiger partial charge in [0.25, 0.3) is 11.7 Å². The molecule has 172 valence electrons. The van der Waals surface area contributed by atoms with Crippen molar-refractivity contribution in [2.45, 2.75) is 26.4 Å². The molecule has 4 rings (SSSR count). The number of esters is 1. The zero-order chi connectivity index (χ0) is 24.4. The third-order valence-corrected chi connectivity index (χ3v) is 5.94. The van der Waals surface area contributed by atoms with Gasteiger partial charge in [0.05, 0.1) is 24.3 Å². The first-order valence-electron chi connectivity index (χ1n) is 10.7. The molecule has 3 aromatic rings. The van der Waals surface area contributed by atoms with Crippen molar-refractivity contribution in [3.63, 3.8) is 0 Å². The molecule has 34 heavy (non-hydrogen) atoms. The van der Waals surface area contributed by atoms with Crippen molar-refractivity contribution in [2.75, 3.05) is 7.11 Å². The Balaban J connectivity index is 1.88. The lowest BCUT2D eigenvalue weighted by molar-refractivity contribution is -0.140. The molecular weight excluding hydrogens is 432 g/mol. The van der Waals surface area contributed by atoms with E-state index in [1.165, 1.54) is 12.0 Å². The number of nitrogens with zero attached hydrogens (tertiary/aromatic N) is 2. The van der Waals surface area contributed by atoms with Crippen LogP contribution in [0.5, 0.6) is 0 Å². The first-order chi connectivity index (χ1) is 16.3. The monoisotopic (exact) mass is 456 g/mol. The van der Waals surface area contributed by atoms with Gasteiger partial charge < -0.3 is 14.7 Å². The number of pyridine rings is 1. The molecular formula is C27H24N2O5. The standard InChI is InChI=1S/C27H24N2O5/c1-16-4-5-17(2)21(14-16)24(30)22-23(19-6-8-20(9-7-19)27(33)34-3)29(26(32)25(22)31)15-18-10-12-28-13-11-18/h4-14,23,30H,15H2,1-3H3/b24-22+. The molecule has 2 heterocycles. The summed E-state index contributed by atoms with van der Waals surface area (Å²) in [6, 6.07) is 14.7. The molecule has 2 aromatic carbocycles. The summed E-state index contributed by atoms with van der Waals surface area (Å²) in [6.07, 6.45) is 3.23. The number of aliphatic hydroxyl groups is 1. The van der Waals surface area contributed by atoms with Gasteiger partial charge in [0.15, 0.2) is 0 Å². The van der Waals surface area contributed by atoms with E-state index >= 15 is 0 Å². The summed E-state index contributed by atoms with van der Waals surface area (Å²) in [5.74, 6) is -2.17. The van der Waals surface area contributed by atoms with E-state index in [2.05, 4.69) is 4.98 Å². The Morgan fingerprint density at radius 3 is 2.35 bits per heavy atom. The lowest BCUT2D eigenvalue weighted by atomic mass is 9.93. The number of methoxy groups -OCH3 is 1. The molecule has 1 atom stereocenters. The second-order valence-electron chi connectivity index (χ2n) is 8.21. The van der Waals surface area contributed by atoms with E-state index in [-0.39, 0.29) is 17.9 Å².